The van der Waals surface area contributed by atoms with Gasteiger partial charge in [-0.05, 0) is 39.1 Å². The molecular weight excluding hydrogens is 413 g/mol. The maximum absolute atomic E-state index is 10.4. The van der Waals surface area contributed by atoms with E-state index in [2.05, 4.69) is 56.1 Å². The number of piperazine rings is 1. The molecule has 0 unspecified atom stereocenters. The third kappa shape index (κ3) is 4.60. The van der Waals surface area contributed by atoms with Gasteiger partial charge in [0.1, 0.15) is 17.1 Å². The number of hydrogen-bond acceptors (Lipinski definition) is 7. The van der Waals surface area contributed by atoms with Crippen molar-refractivity contribution < 1.29 is 5.11 Å². The van der Waals surface area contributed by atoms with Crippen molar-refractivity contribution in [2.24, 2.45) is 0 Å². The average Bonchev–Trinajstić information content (AvgIpc) is 3.21. The standard InChI is InChI=1S/C19H23N7O.2ClH/c1-12-10-26(11-13(2)25(12)3)18-5-4-16(23-24-18)19-17(27)6-14(7-20-19)15-8-21-22-9-15;;/h4-9,12-13,27H,10-11H2,1-3H3,(H,21,22);2*1H/t12-,13+;;. The highest BCUT2D eigenvalue weighted by atomic mass is 35.5. The molecule has 4 rings (SSSR count). The number of nitrogens with one attached hydrogen (secondary N) is 1. The molecule has 2 N–H and O–H groups in total. The number of aromatic nitrogens is 5. The predicted octanol–water partition coefficient (Wildman–Crippen LogP) is 3.01. The van der Waals surface area contributed by atoms with Gasteiger partial charge in [0.2, 0.25) is 0 Å². The van der Waals surface area contributed by atoms with Gasteiger partial charge in [0, 0.05) is 48.7 Å². The Balaban J connectivity index is 0.00000150. The van der Waals surface area contributed by atoms with Crippen molar-refractivity contribution >= 4 is 30.6 Å². The molecule has 8 nitrogen and oxygen atoms in total. The third-order valence-corrected chi connectivity index (χ3v) is 5.28. The number of aromatic hydroxyl groups is 1. The number of H-pyrrole nitrogens is 1. The van der Waals surface area contributed by atoms with E-state index >= 15 is 0 Å². The van der Waals surface area contributed by atoms with Gasteiger partial charge in [-0.3, -0.25) is 10.00 Å². The van der Waals surface area contributed by atoms with E-state index in [1.807, 2.05) is 12.1 Å². The van der Waals surface area contributed by atoms with Crippen LogP contribution in [0.4, 0.5) is 5.82 Å². The van der Waals surface area contributed by atoms with Crippen molar-refractivity contribution in [1.29, 1.82) is 0 Å². The summed E-state index contributed by atoms with van der Waals surface area (Å²) in [5, 5.41) is 25.7. The highest BCUT2D eigenvalue weighted by Gasteiger charge is 2.27. The normalized spacial score (nSPS) is 19.3. The molecule has 1 saturated heterocycles. The van der Waals surface area contributed by atoms with Crippen LogP contribution in [0.1, 0.15) is 13.8 Å². The van der Waals surface area contributed by atoms with Crippen LogP contribution in [-0.4, -0.2) is 67.6 Å². The Morgan fingerprint density at radius 3 is 2.31 bits per heavy atom. The number of nitrogens with zero attached hydrogens (tertiary/aromatic N) is 6. The lowest BCUT2D eigenvalue weighted by molar-refractivity contribution is 0.169. The lowest BCUT2D eigenvalue weighted by Gasteiger charge is -2.42. The highest BCUT2D eigenvalue weighted by Crippen LogP contribution is 2.30. The maximum Gasteiger partial charge on any atom is 0.151 e. The first-order valence-corrected chi connectivity index (χ1v) is 9.02. The molecule has 0 aromatic carbocycles. The van der Waals surface area contributed by atoms with Crippen LogP contribution in [0.2, 0.25) is 0 Å². The quantitative estimate of drug-likeness (QED) is 0.649. The Kier molecular flexibility index (Phi) is 7.40. The van der Waals surface area contributed by atoms with Crippen molar-refractivity contribution in [3.8, 4) is 28.3 Å². The molecule has 156 valence electrons. The Labute approximate surface area is 182 Å². The summed E-state index contributed by atoms with van der Waals surface area (Å²) in [5.41, 5.74) is 2.62. The fraction of sp³-hybridized carbons (Fsp3) is 0.368. The number of halogens is 2. The minimum Gasteiger partial charge on any atom is -0.506 e. The van der Waals surface area contributed by atoms with Gasteiger partial charge in [-0.2, -0.15) is 5.10 Å². The molecule has 29 heavy (non-hydrogen) atoms. The molecule has 0 amide bonds. The van der Waals surface area contributed by atoms with E-state index in [0.717, 1.165) is 30.0 Å². The number of hydrogen-bond donors (Lipinski definition) is 2. The van der Waals surface area contributed by atoms with Crippen LogP contribution >= 0.6 is 24.8 Å². The van der Waals surface area contributed by atoms with Crippen LogP contribution in [0.15, 0.2) is 36.8 Å². The van der Waals surface area contributed by atoms with Crippen molar-refractivity contribution in [3.05, 3.63) is 36.8 Å². The summed E-state index contributed by atoms with van der Waals surface area (Å²) in [5.74, 6) is 0.914. The van der Waals surface area contributed by atoms with Crippen molar-refractivity contribution in [2.75, 3.05) is 25.0 Å². The van der Waals surface area contributed by atoms with E-state index in [9.17, 15) is 5.11 Å². The zero-order chi connectivity index (χ0) is 19.0. The molecule has 0 saturated carbocycles. The first kappa shape index (κ1) is 22.9. The van der Waals surface area contributed by atoms with Gasteiger partial charge in [-0.1, -0.05) is 0 Å². The van der Waals surface area contributed by atoms with E-state index < -0.39 is 0 Å². The zero-order valence-electron chi connectivity index (χ0n) is 16.5. The second kappa shape index (κ2) is 9.39. The lowest BCUT2D eigenvalue weighted by Crippen LogP contribution is -2.55. The van der Waals surface area contributed by atoms with E-state index in [0.29, 0.717) is 23.5 Å². The average molecular weight is 438 g/mol. The fourth-order valence-electron chi connectivity index (χ4n) is 3.43. The van der Waals surface area contributed by atoms with E-state index in [4.69, 9.17) is 0 Å². The van der Waals surface area contributed by atoms with Crippen molar-refractivity contribution in [1.82, 2.24) is 30.3 Å². The summed E-state index contributed by atoms with van der Waals surface area (Å²) < 4.78 is 0. The van der Waals surface area contributed by atoms with Crippen LogP contribution in [0.25, 0.3) is 22.5 Å². The monoisotopic (exact) mass is 437 g/mol. The molecule has 0 radical (unpaired) electrons. The number of likely N-dealkylation sites (N-methyl/N-ethyl adjacent to an activating group) is 1. The molecule has 4 heterocycles. The number of aromatic amines is 1. The Hall–Kier alpha value is -2.42. The summed E-state index contributed by atoms with van der Waals surface area (Å²) in [4.78, 5) is 8.99. The minimum atomic E-state index is 0. The van der Waals surface area contributed by atoms with E-state index in [-0.39, 0.29) is 30.6 Å². The van der Waals surface area contributed by atoms with Gasteiger partial charge in [-0.15, -0.1) is 35.0 Å². The topological polar surface area (TPSA) is 94.1 Å². The summed E-state index contributed by atoms with van der Waals surface area (Å²) in [6, 6.07) is 6.37. The van der Waals surface area contributed by atoms with Crippen LogP contribution in [0, 0.1) is 0 Å². The summed E-state index contributed by atoms with van der Waals surface area (Å²) in [6.45, 7) is 6.26. The third-order valence-electron chi connectivity index (χ3n) is 5.28. The zero-order valence-corrected chi connectivity index (χ0v) is 18.1. The summed E-state index contributed by atoms with van der Waals surface area (Å²) in [7, 11) is 2.16. The largest absolute Gasteiger partial charge is 0.506 e. The SMILES string of the molecule is C[C@@H]1CN(c2ccc(-c3ncc(-c4cn[nH]c4)cc3O)nn2)C[C@H](C)N1C.Cl.Cl. The molecule has 0 aliphatic carbocycles. The number of rotatable bonds is 3. The molecule has 3 aromatic heterocycles. The van der Waals surface area contributed by atoms with Crippen LogP contribution in [0.3, 0.4) is 0 Å². The predicted molar refractivity (Wildman–Crippen MR) is 118 cm³/mol. The van der Waals surface area contributed by atoms with Gasteiger partial charge in [0.25, 0.3) is 0 Å². The molecule has 3 aromatic rings. The molecule has 1 aliphatic rings. The molecule has 0 bridgehead atoms. The first-order chi connectivity index (χ1) is 13.0. The van der Waals surface area contributed by atoms with Gasteiger partial charge in [0.05, 0.1) is 6.20 Å². The molecule has 2 atom stereocenters. The van der Waals surface area contributed by atoms with E-state index in [1.54, 1.807) is 24.7 Å². The van der Waals surface area contributed by atoms with Crippen LogP contribution in [-0.2, 0) is 0 Å². The first-order valence-electron chi connectivity index (χ1n) is 9.02. The Morgan fingerprint density at radius 2 is 1.76 bits per heavy atom. The number of anilines is 1. The molecule has 10 heteroatoms. The minimum absolute atomic E-state index is 0. The van der Waals surface area contributed by atoms with E-state index in [1.165, 1.54) is 0 Å². The van der Waals surface area contributed by atoms with Gasteiger partial charge >= 0.3 is 0 Å². The molecule has 1 fully saturated rings. The second-order valence-electron chi connectivity index (χ2n) is 7.12. The second-order valence-corrected chi connectivity index (χ2v) is 7.12. The van der Waals surface area contributed by atoms with Gasteiger partial charge in [-0.25, -0.2) is 4.98 Å². The summed E-state index contributed by atoms with van der Waals surface area (Å²) >= 11 is 0. The Morgan fingerprint density at radius 1 is 1.03 bits per heavy atom. The fourth-order valence-corrected chi connectivity index (χ4v) is 3.43. The lowest BCUT2D eigenvalue weighted by atomic mass is 10.1. The smallest absolute Gasteiger partial charge is 0.151 e. The molecule has 1 aliphatic heterocycles. The van der Waals surface area contributed by atoms with Crippen LogP contribution < -0.4 is 4.90 Å². The van der Waals surface area contributed by atoms with Crippen molar-refractivity contribution in [3.63, 3.8) is 0 Å². The highest BCUT2D eigenvalue weighted by molar-refractivity contribution is 5.85. The number of pyridine rings is 1. The van der Waals surface area contributed by atoms with Gasteiger partial charge in [0.15, 0.2) is 5.82 Å². The maximum atomic E-state index is 10.4. The summed E-state index contributed by atoms with van der Waals surface area (Å²) in [6.07, 6.45) is 5.13. The van der Waals surface area contributed by atoms with Crippen molar-refractivity contribution in [2.45, 2.75) is 25.9 Å². The molecule has 0 spiro atoms. The van der Waals surface area contributed by atoms with Crippen LogP contribution in [0.5, 0.6) is 5.75 Å². The molecular formula is C19H25Cl2N7O. The van der Waals surface area contributed by atoms with Gasteiger partial charge < -0.3 is 10.0 Å². The Bertz CT molecular complexity index is 909.